The molecule has 2 aromatic rings. The number of ketones is 1. The van der Waals surface area contributed by atoms with Crippen molar-refractivity contribution in [1.82, 2.24) is 9.78 Å². The third-order valence-corrected chi connectivity index (χ3v) is 4.09. The van der Waals surface area contributed by atoms with E-state index in [0.717, 1.165) is 5.56 Å². The zero-order valence-corrected chi connectivity index (χ0v) is 13.8. The molecule has 1 aliphatic rings. The fourth-order valence-corrected chi connectivity index (χ4v) is 2.90. The van der Waals surface area contributed by atoms with Crippen LogP contribution in [0.25, 0.3) is 0 Å². The molecule has 1 aromatic carbocycles. The van der Waals surface area contributed by atoms with E-state index in [0.29, 0.717) is 24.7 Å². The second kappa shape index (κ2) is 6.86. The van der Waals surface area contributed by atoms with Gasteiger partial charge in [-0.15, -0.1) is 5.10 Å². The van der Waals surface area contributed by atoms with Crippen molar-refractivity contribution >= 4 is 11.8 Å². The highest BCUT2D eigenvalue weighted by molar-refractivity contribution is 6.08. The van der Waals surface area contributed by atoms with E-state index in [2.05, 4.69) is 5.10 Å². The Kier molecular flexibility index (Phi) is 4.64. The molecule has 24 heavy (non-hydrogen) atoms. The van der Waals surface area contributed by atoms with E-state index in [4.69, 9.17) is 9.47 Å². The summed E-state index contributed by atoms with van der Waals surface area (Å²) in [5.41, 5.74) is 1.42. The molecule has 0 bridgehead atoms. The maximum Gasteiger partial charge on any atom is 0.317 e. The Hall–Kier alpha value is -2.63. The van der Waals surface area contributed by atoms with Gasteiger partial charge >= 0.3 is 5.97 Å². The van der Waals surface area contributed by atoms with Crippen LogP contribution < -0.4 is 4.74 Å². The minimum Gasteiger partial charge on any atom is -0.472 e. The summed E-state index contributed by atoms with van der Waals surface area (Å²) in [5.74, 6) is -1.26. The molecule has 6 nitrogen and oxygen atoms in total. The van der Waals surface area contributed by atoms with E-state index < -0.39 is 11.9 Å². The molecule has 2 heterocycles. The molecule has 0 radical (unpaired) electrons. The van der Waals surface area contributed by atoms with Crippen LogP contribution >= 0.6 is 0 Å². The van der Waals surface area contributed by atoms with E-state index >= 15 is 0 Å². The largest absolute Gasteiger partial charge is 0.472 e. The topological polar surface area (TPSA) is 70.4 Å². The lowest BCUT2D eigenvalue weighted by atomic mass is 9.86. The van der Waals surface area contributed by atoms with Crippen molar-refractivity contribution < 1.29 is 19.1 Å². The molecule has 126 valence electrons. The van der Waals surface area contributed by atoms with Gasteiger partial charge in [0.25, 0.3) is 0 Å². The molecule has 0 saturated carbocycles. The number of Topliss-reactive ketones (excluding diaryl/α,β-unsaturated/α-hetero) is 1. The highest BCUT2D eigenvalue weighted by Crippen LogP contribution is 2.29. The fourth-order valence-electron chi connectivity index (χ4n) is 2.90. The summed E-state index contributed by atoms with van der Waals surface area (Å²) in [7, 11) is 0. The number of esters is 1. The molecular weight excluding hydrogens is 308 g/mol. The number of fused-ring (bicyclic) bond motifs is 1. The van der Waals surface area contributed by atoms with Gasteiger partial charge in [0.05, 0.1) is 6.61 Å². The Morgan fingerprint density at radius 3 is 2.79 bits per heavy atom. The SMILES string of the molecule is CCOC(=O)C1C(=O)c2cc(OCc3ccccc3)nn2CC1C. The number of carbonyl (C=O) groups excluding carboxylic acids is 2. The van der Waals surface area contributed by atoms with Gasteiger partial charge in [-0.2, -0.15) is 0 Å². The first kappa shape index (κ1) is 16.2. The van der Waals surface area contributed by atoms with Crippen LogP contribution in [0.2, 0.25) is 0 Å². The molecule has 0 fully saturated rings. The van der Waals surface area contributed by atoms with E-state index in [1.165, 1.54) is 0 Å². The lowest BCUT2D eigenvalue weighted by Gasteiger charge is -2.26. The molecule has 1 aliphatic heterocycles. The molecule has 0 N–H and O–H groups in total. The zero-order valence-electron chi connectivity index (χ0n) is 13.8. The van der Waals surface area contributed by atoms with Gasteiger partial charge in [-0.1, -0.05) is 37.3 Å². The van der Waals surface area contributed by atoms with Crippen molar-refractivity contribution in [3.05, 3.63) is 47.7 Å². The van der Waals surface area contributed by atoms with Crippen LogP contribution in [-0.4, -0.2) is 28.1 Å². The van der Waals surface area contributed by atoms with Crippen molar-refractivity contribution in [2.75, 3.05) is 6.61 Å². The van der Waals surface area contributed by atoms with E-state index in [-0.39, 0.29) is 18.3 Å². The molecule has 0 spiro atoms. The molecule has 0 saturated heterocycles. The standard InChI is InChI=1S/C18H20N2O4/c1-3-23-18(22)16-12(2)10-20-14(17(16)21)9-15(19-20)24-11-13-7-5-4-6-8-13/h4-9,12,16H,3,10-11H2,1-2H3. The maximum absolute atomic E-state index is 12.6. The maximum atomic E-state index is 12.6. The van der Waals surface area contributed by atoms with Gasteiger partial charge in [0.15, 0.2) is 5.78 Å². The van der Waals surface area contributed by atoms with Crippen LogP contribution in [0.1, 0.15) is 29.9 Å². The average molecular weight is 328 g/mol. The number of nitrogens with zero attached hydrogens (tertiary/aromatic N) is 2. The molecule has 2 atom stereocenters. The van der Waals surface area contributed by atoms with Gasteiger partial charge < -0.3 is 9.47 Å². The first-order valence-corrected chi connectivity index (χ1v) is 8.05. The normalized spacial score (nSPS) is 19.7. The van der Waals surface area contributed by atoms with Gasteiger partial charge in [-0.05, 0) is 18.4 Å². The second-order valence-corrected chi connectivity index (χ2v) is 5.90. The molecule has 3 rings (SSSR count). The molecule has 0 amide bonds. The van der Waals surface area contributed by atoms with Crippen LogP contribution in [0, 0.1) is 11.8 Å². The summed E-state index contributed by atoms with van der Waals surface area (Å²) in [4.78, 5) is 24.7. The van der Waals surface area contributed by atoms with Crippen molar-refractivity contribution in [2.45, 2.75) is 27.0 Å². The average Bonchev–Trinajstić information content (AvgIpc) is 2.97. The predicted molar refractivity (Wildman–Crippen MR) is 86.6 cm³/mol. The summed E-state index contributed by atoms with van der Waals surface area (Å²) < 4.78 is 12.3. The Bertz CT molecular complexity index is 739. The van der Waals surface area contributed by atoms with Gasteiger partial charge in [-0.25, -0.2) is 0 Å². The van der Waals surface area contributed by atoms with Crippen molar-refractivity contribution in [3.8, 4) is 5.88 Å². The number of benzene rings is 1. The lowest BCUT2D eigenvalue weighted by Crippen LogP contribution is -2.39. The van der Waals surface area contributed by atoms with Gasteiger partial charge in [0, 0.05) is 12.6 Å². The predicted octanol–water partition coefficient (Wildman–Crippen LogP) is 2.47. The Morgan fingerprint density at radius 1 is 1.33 bits per heavy atom. The van der Waals surface area contributed by atoms with Crippen LogP contribution in [0.15, 0.2) is 36.4 Å². The molecular formula is C18H20N2O4. The number of rotatable bonds is 5. The summed E-state index contributed by atoms with van der Waals surface area (Å²) in [5, 5.41) is 4.33. The minimum absolute atomic E-state index is 0.161. The third kappa shape index (κ3) is 3.18. The van der Waals surface area contributed by atoms with Gasteiger partial charge in [0.2, 0.25) is 5.88 Å². The first-order chi connectivity index (χ1) is 11.6. The third-order valence-electron chi connectivity index (χ3n) is 4.09. The second-order valence-electron chi connectivity index (χ2n) is 5.90. The van der Waals surface area contributed by atoms with E-state index in [1.807, 2.05) is 37.3 Å². The molecule has 2 unspecified atom stereocenters. The Morgan fingerprint density at radius 2 is 2.08 bits per heavy atom. The van der Waals surface area contributed by atoms with Gasteiger partial charge in [0.1, 0.15) is 18.2 Å². The van der Waals surface area contributed by atoms with Crippen molar-refractivity contribution in [2.24, 2.45) is 11.8 Å². The highest BCUT2D eigenvalue weighted by atomic mass is 16.5. The smallest absolute Gasteiger partial charge is 0.317 e. The van der Waals surface area contributed by atoms with Crippen LogP contribution in [0.5, 0.6) is 5.88 Å². The summed E-state index contributed by atoms with van der Waals surface area (Å²) in [6.45, 7) is 4.71. The number of hydrogen-bond acceptors (Lipinski definition) is 5. The molecule has 1 aromatic heterocycles. The Balaban J connectivity index is 1.75. The number of aromatic nitrogens is 2. The van der Waals surface area contributed by atoms with Crippen molar-refractivity contribution in [3.63, 3.8) is 0 Å². The van der Waals surface area contributed by atoms with Crippen LogP contribution in [0.3, 0.4) is 0 Å². The van der Waals surface area contributed by atoms with Gasteiger partial charge in [-0.3, -0.25) is 14.3 Å². The first-order valence-electron chi connectivity index (χ1n) is 8.05. The lowest BCUT2D eigenvalue weighted by molar-refractivity contribution is -0.148. The summed E-state index contributed by atoms with van der Waals surface area (Å²) >= 11 is 0. The summed E-state index contributed by atoms with van der Waals surface area (Å²) in [6, 6.07) is 11.3. The highest BCUT2D eigenvalue weighted by Gasteiger charge is 2.40. The zero-order chi connectivity index (χ0) is 17.1. The summed E-state index contributed by atoms with van der Waals surface area (Å²) in [6.07, 6.45) is 0. The van der Waals surface area contributed by atoms with Crippen LogP contribution in [-0.2, 0) is 22.7 Å². The number of hydrogen-bond donors (Lipinski definition) is 0. The molecule has 6 heteroatoms. The van der Waals surface area contributed by atoms with Crippen LogP contribution in [0.4, 0.5) is 0 Å². The van der Waals surface area contributed by atoms with E-state index in [9.17, 15) is 9.59 Å². The van der Waals surface area contributed by atoms with E-state index in [1.54, 1.807) is 17.7 Å². The monoisotopic (exact) mass is 328 g/mol. The fraction of sp³-hybridized carbons (Fsp3) is 0.389. The minimum atomic E-state index is -0.767. The Labute approximate surface area is 140 Å². The van der Waals surface area contributed by atoms with Crippen molar-refractivity contribution in [1.29, 1.82) is 0 Å². The quantitative estimate of drug-likeness (QED) is 0.623. The number of carbonyl (C=O) groups is 2. The number of ether oxygens (including phenoxy) is 2. The molecule has 0 aliphatic carbocycles.